The van der Waals surface area contributed by atoms with Crippen LogP contribution in [0.3, 0.4) is 0 Å². The van der Waals surface area contributed by atoms with Gasteiger partial charge in [-0.05, 0) is 50.4 Å². The van der Waals surface area contributed by atoms with Gasteiger partial charge in [-0.3, -0.25) is 14.7 Å². The van der Waals surface area contributed by atoms with E-state index in [-0.39, 0.29) is 6.04 Å². The lowest BCUT2D eigenvalue weighted by Crippen LogP contribution is -2.58. The number of likely N-dealkylation sites (tertiary alicyclic amines) is 2. The fourth-order valence-electron chi connectivity index (χ4n) is 3.51. The number of pyridine rings is 1. The Morgan fingerprint density at radius 2 is 2.30 bits per heavy atom. The molecule has 2 aliphatic rings. The zero-order chi connectivity index (χ0) is 13.9. The molecule has 2 saturated heterocycles. The molecule has 3 heterocycles. The molecule has 0 unspecified atom stereocenters. The maximum Gasteiger partial charge on any atom is 0.240 e. The highest BCUT2D eigenvalue weighted by Gasteiger charge is 2.40. The molecule has 0 aromatic carbocycles. The van der Waals surface area contributed by atoms with Gasteiger partial charge in [-0.2, -0.15) is 0 Å². The van der Waals surface area contributed by atoms with Crippen molar-refractivity contribution >= 4 is 5.91 Å². The first kappa shape index (κ1) is 13.6. The van der Waals surface area contributed by atoms with E-state index in [4.69, 9.17) is 0 Å². The Labute approximate surface area is 120 Å². The average Bonchev–Trinajstić information content (AvgIpc) is 2.48. The van der Waals surface area contributed by atoms with Crippen LogP contribution in [0.5, 0.6) is 0 Å². The molecule has 2 atom stereocenters. The van der Waals surface area contributed by atoms with Crippen molar-refractivity contribution in [3.05, 3.63) is 30.1 Å². The van der Waals surface area contributed by atoms with Crippen LogP contribution >= 0.6 is 0 Å². The molecule has 0 saturated carbocycles. The molecule has 4 nitrogen and oxygen atoms in total. The highest BCUT2D eigenvalue weighted by atomic mass is 16.2. The van der Waals surface area contributed by atoms with Gasteiger partial charge in [0, 0.05) is 12.7 Å². The minimum atomic E-state index is 0.117. The first-order chi connectivity index (χ1) is 9.78. The fourth-order valence-corrected chi connectivity index (χ4v) is 3.51. The highest BCUT2D eigenvalue weighted by Crippen LogP contribution is 2.30. The normalized spacial score (nSPS) is 26.9. The van der Waals surface area contributed by atoms with E-state index < -0.39 is 0 Å². The number of fused-ring (bicyclic) bond motifs is 2. The van der Waals surface area contributed by atoms with Crippen molar-refractivity contribution in [1.82, 2.24) is 14.8 Å². The lowest BCUT2D eigenvalue weighted by molar-refractivity contribution is -0.146. The summed E-state index contributed by atoms with van der Waals surface area (Å²) in [5.41, 5.74) is 0.989. The van der Waals surface area contributed by atoms with E-state index in [0.717, 1.165) is 38.2 Å². The third kappa shape index (κ3) is 2.70. The molecule has 2 bridgehead atoms. The fraction of sp³-hybridized carbons (Fsp3) is 0.625. The van der Waals surface area contributed by atoms with E-state index in [1.54, 1.807) is 6.20 Å². The summed E-state index contributed by atoms with van der Waals surface area (Å²) in [6.45, 7) is 5.89. The Bertz CT molecular complexity index is 462. The molecule has 4 heteroatoms. The SMILES string of the molecule is CCCN1CC[C@H]2C[C@@H]1C(=O)N(Cc1ccccn1)C2. The van der Waals surface area contributed by atoms with Crippen LogP contribution in [-0.2, 0) is 11.3 Å². The maximum absolute atomic E-state index is 12.7. The lowest BCUT2D eigenvalue weighted by Gasteiger charge is -2.46. The van der Waals surface area contributed by atoms with Crippen LogP contribution in [0.1, 0.15) is 31.9 Å². The van der Waals surface area contributed by atoms with E-state index in [1.165, 1.54) is 6.42 Å². The molecule has 2 fully saturated rings. The Kier molecular flexibility index (Phi) is 4.01. The summed E-state index contributed by atoms with van der Waals surface area (Å²) in [6.07, 6.45) is 5.20. The van der Waals surface area contributed by atoms with Crippen molar-refractivity contribution in [1.29, 1.82) is 0 Å². The quantitative estimate of drug-likeness (QED) is 0.841. The molecule has 0 spiro atoms. The van der Waals surface area contributed by atoms with Crippen molar-refractivity contribution < 1.29 is 4.79 Å². The van der Waals surface area contributed by atoms with Crippen molar-refractivity contribution in [3.8, 4) is 0 Å². The zero-order valence-corrected chi connectivity index (χ0v) is 12.2. The van der Waals surface area contributed by atoms with E-state index in [1.807, 2.05) is 23.1 Å². The van der Waals surface area contributed by atoms with Crippen molar-refractivity contribution in [2.75, 3.05) is 19.6 Å². The summed E-state index contributed by atoms with van der Waals surface area (Å²) in [5.74, 6) is 0.981. The Morgan fingerprint density at radius 3 is 3.05 bits per heavy atom. The first-order valence-electron chi connectivity index (χ1n) is 7.70. The van der Waals surface area contributed by atoms with Gasteiger partial charge < -0.3 is 4.90 Å². The molecule has 1 amide bonds. The Balaban J connectivity index is 1.72. The number of rotatable bonds is 4. The third-order valence-corrected chi connectivity index (χ3v) is 4.49. The molecule has 108 valence electrons. The second kappa shape index (κ2) is 5.92. The predicted octanol–water partition coefficient (Wildman–Crippen LogP) is 1.91. The highest BCUT2D eigenvalue weighted by molar-refractivity contribution is 5.83. The van der Waals surface area contributed by atoms with E-state index >= 15 is 0 Å². The van der Waals surface area contributed by atoms with Gasteiger partial charge in [-0.25, -0.2) is 0 Å². The second-order valence-corrected chi connectivity index (χ2v) is 5.98. The standard InChI is InChI=1S/C16H23N3O/c1-2-8-18-9-6-13-10-15(18)16(20)19(11-13)12-14-5-3-4-7-17-14/h3-5,7,13,15H,2,6,8-12H2,1H3/t13-,15+/m0/s1. The predicted molar refractivity (Wildman–Crippen MR) is 78.0 cm³/mol. The summed E-state index contributed by atoms with van der Waals surface area (Å²) in [5, 5.41) is 0. The molecule has 3 rings (SSSR count). The molecule has 0 N–H and O–H groups in total. The Hall–Kier alpha value is -1.42. The monoisotopic (exact) mass is 273 g/mol. The molecule has 1 aromatic heterocycles. The van der Waals surface area contributed by atoms with E-state index in [0.29, 0.717) is 18.4 Å². The van der Waals surface area contributed by atoms with Crippen LogP contribution < -0.4 is 0 Å². The minimum Gasteiger partial charge on any atom is -0.335 e. The average molecular weight is 273 g/mol. The van der Waals surface area contributed by atoms with Crippen LogP contribution in [0.25, 0.3) is 0 Å². The van der Waals surface area contributed by atoms with Crippen LogP contribution in [0.2, 0.25) is 0 Å². The second-order valence-electron chi connectivity index (χ2n) is 5.98. The third-order valence-electron chi connectivity index (χ3n) is 4.49. The number of carbonyl (C=O) groups excluding carboxylic acids is 1. The number of piperidine rings is 2. The zero-order valence-electron chi connectivity index (χ0n) is 12.2. The molecule has 0 radical (unpaired) electrons. The summed E-state index contributed by atoms with van der Waals surface area (Å²) in [4.78, 5) is 21.4. The smallest absolute Gasteiger partial charge is 0.240 e. The van der Waals surface area contributed by atoms with Gasteiger partial charge in [0.05, 0.1) is 18.3 Å². The molecular formula is C16H23N3O. The van der Waals surface area contributed by atoms with Crippen LogP contribution in [-0.4, -0.2) is 46.4 Å². The lowest BCUT2D eigenvalue weighted by atomic mass is 9.85. The van der Waals surface area contributed by atoms with Crippen LogP contribution in [0, 0.1) is 5.92 Å². The van der Waals surface area contributed by atoms with E-state index in [2.05, 4.69) is 16.8 Å². The van der Waals surface area contributed by atoms with E-state index in [9.17, 15) is 4.79 Å². The number of aromatic nitrogens is 1. The van der Waals surface area contributed by atoms with Gasteiger partial charge >= 0.3 is 0 Å². The van der Waals surface area contributed by atoms with Gasteiger partial charge in [0.2, 0.25) is 5.91 Å². The number of hydrogen-bond acceptors (Lipinski definition) is 3. The van der Waals surface area contributed by atoms with Crippen molar-refractivity contribution in [2.45, 2.75) is 38.8 Å². The molecule has 2 aliphatic heterocycles. The van der Waals surface area contributed by atoms with Gasteiger partial charge in [0.15, 0.2) is 0 Å². The summed E-state index contributed by atoms with van der Waals surface area (Å²) in [6, 6.07) is 6.02. The summed E-state index contributed by atoms with van der Waals surface area (Å²) in [7, 11) is 0. The molecule has 0 aliphatic carbocycles. The topological polar surface area (TPSA) is 36.4 Å². The molecule has 20 heavy (non-hydrogen) atoms. The Morgan fingerprint density at radius 1 is 1.40 bits per heavy atom. The van der Waals surface area contributed by atoms with Gasteiger partial charge in [-0.15, -0.1) is 0 Å². The summed E-state index contributed by atoms with van der Waals surface area (Å²) < 4.78 is 0. The number of hydrogen-bond donors (Lipinski definition) is 0. The number of nitrogens with zero attached hydrogens (tertiary/aromatic N) is 3. The van der Waals surface area contributed by atoms with Gasteiger partial charge in [0.1, 0.15) is 0 Å². The van der Waals surface area contributed by atoms with Gasteiger partial charge in [-0.1, -0.05) is 13.0 Å². The van der Waals surface area contributed by atoms with Crippen LogP contribution in [0.4, 0.5) is 0 Å². The van der Waals surface area contributed by atoms with Crippen LogP contribution in [0.15, 0.2) is 24.4 Å². The molecular weight excluding hydrogens is 250 g/mol. The van der Waals surface area contributed by atoms with Crippen molar-refractivity contribution in [3.63, 3.8) is 0 Å². The summed E-state index contributed by atoms with van der Waals surface area (Å²) >= 11 is 0. The number of carbonyl (C=O) groups is 1. The molecule has 1 aromatic rings. The maximum atomic E-state index is 12.7. The first-order valence-corrected chi connectivity index (χ1v) is 7.70. The largest absolute Gasteiger partial charge is 0.335 e. The van der Waals surface area contributed by atoms with Crippen molar-refractivity contribution in [2.24, 2.45) is 5.92 Å². The minimum absolute atomic E-state index is 0.117. The number of amides is 1. The van der Waals surface area contributed by atoms with Gasteiger partial charge in [0.25, 0.3) is 0 Å².